The number of methoxy groups -OCH3 is 2. The van der Waals surface area contributed by atoms with E-state index in [1.807, 2.05) is 24.3 Å². The molecular formula is C15H18O3. The second kappa shape index (κ2) is 5.71. The van der Waals surface area contributed by atoms with Crippen LogP contribution < -0.4 is 4.74 Å². The third kappa shape index (κ3) is 2.55. The Morgan fingerprint density at radius 1 is 1.22 bits per heavy atom. The smallest absolute Gasteiger partial charge is 0.309 e. The van der Waals surface area contributed by atoms with Crippen LogP contribution in [0.4, 0.5) is 0 Å². The first-order chi connectivity index (χ1) is 8.76. The molecule has 0 N–H and O–H groups in total. The molecule has 0 aliphatic heterocycles. The van der Waals surface area contributed by atoms with E-state index in [1.54, 1.807) is 7.11 Å². The van der Waals surface area contributed by atoms with Crippen molar-refractivity contribution >= 4 is 5.97 Å². The van der Waals surface area contributed by atoms with Gasteiger partial charge in [-0.15, -0.1) is 0 Å². The highest BCUT2D eigenvalue weighted by Crippen LogP contribution is 2.34. The van der Waals surface area contributed by atoms with Crippen molar-refractivity contribution in [2.75, 3.05) is 14.2 Å². The molecule has 96 valence electrons. The number of rotatable bonds is 3. The summed E-state index contributed by atoms with van der Waals surface area (Å²) in [4.78, 5) is 11.8. The molecule has 1 aliphatic carbocycles. The molecule has 0 spiro atoms. The van der Waals surface area contributed by atoms with Crippen LogP contribution in [0, 0.1) is 5.92 Å². The molecule has 0 bridgehead atoms. The standard InChI is InChI=1S/C15H18O3/c1-17-12-9-7-11(8-10-12)13-5-3-4-6-14(13)15(16)18-2/h3,5,7-10,13-14H,4,6H2,1-2H3/t13-,14-/m1/s1. The van der Waals surface area contributed by atoms with E-state index < -0.39 is 0 Å². The fourth-order valence-electron chi connectivity index (χ4n) is 2.42. The lowest BCUT2D eigenvalue weighted by Gasteiger charge is -2.25. The number of benzene rings is 1. The topological polar surface area (TPSA) is 35.5 Å². The Morgan fingerprint density at radius 2 is 1.94 bits per heavy atom. The number of carbonyl (C=O) groups is 1. The molecule has 2 atom stereocenters. The Hall–Kier alpha value is -1.77. The quantitative estimate of drug-likeness (QED) is 0.607. The van der Waals surface area contributed by atoms with Crippen LogP contribution in [0.5, 0.6) is 5.75 Å². The molecule has 0 amide bonds. The number of hydrogen-bond acceptors (Lipinski definition) is 3. The van der Waals surface area contributed by atoms with Gasteiger partial charge in [0, 0.05) is 5.92 Å². The number of carbonyl (C=O) groups excluding carboxylic acids is 1. The van der Waals surface area contributed by atoms with E-state index in [0.717, 1.165) is 24.2 Å². The van der Waals surface area contributed by atoms with Gasteiger partial charge in [0.2, 0.25) is 0 Å². The van der Waals surface area contributed by atoms with Crippen molar-refractivity contribution in [3.8, 4) is 5.75 Å². The van der Waals surface area contributed by atoms with Crippen LogP contribution >= 0.6 is 0 Å². The molecule has 0 unspecified atom stereocenters. The van der Waals surface area contributed by atoms with Crippen molar-refractivity contribution in [3.05, 3.63) is 42.0 Å². The maximum absolute atomic E-state index is 11.8. The normalized spacial score (nSPS) is 22.6. The number of ether oxygens (including phenoxy) is 2. The summed E-state index contributed by atoms with van der Waals surface area (Å²) in [7, 11) is 3.10. The second-order valence-corrected chi connectivity index (χ2v) is 4.43. The highest BCUT2D eigenvalue weighted by atomic mass is 16.5. The van der Waals surface area contributed by atoms with Gasteiger partial charge in [-0.2, -0.15) is 0 Å². The number of hydrogen-bond donors (Lipinski definition) is 0. The van der Waals surface area contributed by atoms with Crippen molar-refractivity contribution in [2.24, 2.45) is 5.92 Å². The average molecular weight is 246 g/mol. The summed E-state index contributed by atoms with van der Waals surface area (Å²) in [5.41, 5.74) is 1.13. The van der Waals surface area contributed by atoms with E-state index >= 15 is 0 Å². The molecule has 0 radical (unpaired) electrons. The predicted molar refractivity (Wildman–Crippen MR) is 69.6 cm³/mol. The molecule has 0 heterocycles. The van der Waals surface area contributed by atoms with Crippen molar-refractivity contribution in [1.82, 2.24) is 0 Å². The van der Waals surface area contributed by atoms with E-state index in [4.69, 9.17) is 9.47 Å². The SMILES string of the molecule is COC(=O)[C@@H]1CCC=C[C@@H]1c1ccc(OC)cc1. The monoisotopic (exact) mass is 246 g/mol. The highest BCUT2D eigenvalue weighted by Gasteiger charge is 2.30. The zero-order valence-electron chi connectivity index (χ0n) is 10.8. The van der Waals surface area contributed by atoms with E-state index in [0.29, 0.717) is 0 Å². The van der Waals surface area contributed by atoms with Gasteiger partial charge >= 0.3 is 5.97 Å². The molecule has 0 saturated heterocycles. The van der Waals surface area contributed by atoms with Gasteiger partial charge in [0.25, 0.3) is 0 Å². The van der Waals surface area contributed by atoms with Crippen LogP contribution in [-0.4, -0.2) is 20.2 Å². The first kappa shape index (κ1) is 12.7. The minimum atomic E-state index is -0.125. The number of esters is 1. The maximum atomic E-state index is 11.8. The summed E-state index contributed by atoms with van der Waals surface area (Å²) in [6.45, 7) is 0. The second-order valence-electron chi connectivity index (χ2n) is 4.43. The van der Waals surface area contributed by atoms with Gasteiger partial charge in [-0.25, -0.2) is 0 Å². The van der Waals surface area contributed by atoms with Crippen molar-refractivity contribution in [1.29, 1.82) is 0 Å². The fourth-order valence-corrected chi connectivity index (χ4v) is 2.42. The largest absolute Gasteiger partial charge is 0.497 e. The first-order valence-corrected chi connectivity index (χ1v) is 6.14. The van der Waals surface area contributed by atoms with Gasteiger partial charge in [-0.05, 0) is 30.5 Å². The third-order valence-electron chi connectivity index (χ3n) is 3.43. The molecular weight excluding hydrogens is 228 g/mol. The molecule has 0 fully saturated rings. The van der Waals surface area contributed by atoms with Crippen molar-refractivity contribution < 1.29 is 14.3 Å². The summed E-state index contributed by atoms with van der Waals surface area (Å²) in [5.74, 6) is 0.735. The fraction of sp³-hybridized carbons (Fsp3) is 0.400. The van der Waals surface area contributed by atoms with E-state index in [9.17, 15) is 4.79 Å². The molecule has 0 aromatic heterocycles. The molecule has 18 heavy (non-hydrogen) atoms. The Kier molecular flexibility index (Phi) is 4.03. The van der Waals surface area contributed by atoms with Crippen LogP contribution in [0.15, 0.2) is 36.4 Å². The molecule has 3 heteroatoms. The zero-order valence-corrected chi connectivity index (χ0v) is 10.8. The summed E-state index contributed by atoms with van der Waals surface area (Å²) in [6, 6.07) is 7.86. The molecule has 3 nitrogen and oxygen atoms in total. The van der Waals surface area contributed by atoms with Crippen molar-refractivity contribution in [3.63, 3.8) is 0 Å². The summed E-state index contributed by atoms with van der Waals surface area (Å²) < 4.78 is 10.0. The van der Waals surface area contributed by atoms with Crippen LogP contribution in [0.1, 0.15) is 24.3 Å². The Balaban J connectivity index is 2.24. The minimum Gasteiger partial charge on any atom is -0.497 e. The van der Waals surface area contributed by atoms with Crippen LogP contribution in [0.2, 0.25) is 0 Å². The lowest BCUT2D eigenvalue weighted by atomic mass is 9.79. The van der Waals surface area contributed by atoms with Gasteiger partial charge in [-0.1, -0.05) is 24.3 Å². The van der Waals surface area contributed by atoms with Gasteiger partial charge < -0.3 is 9.47 Å². The van der Waals surface area contributed by atoms with Crippen LogP contribution in [-0.2, 0) is 9.53 Å². The highest BCUT2D eigenvalue weighted by molar-refractivity contribution is 5.74. The van der Waals surface area contributed by atoms with Gasteiger partial charge in [0.15, 0.2) is 0 Å². The molecule has 1 aliphatic rings. The Bertz CT molecular complexity index is 434. The van der Waals surface area contributed by atoms with Gasteiger partial charge in [0.1, 0.15) is 5.75 Å². The number of allylic oxidation sites excluding steroid dienone is 2. The predicted octanol–water partition coefficient (Wildman–Crippen LogP) is 2.92. The zero-order chi connectivity index (χ0) is 13.0. The molecule has 2 rings (SSSR count). The Labute approximate surface area is 107 Å². The summed E-state index contributed by atoms with van der Waals surface area (Å²) in [5, 5.41) is 0. The van der Waals surface area contributed by atoms with E-state index in [2.05, 4.69) is 12.2 Å². The molecule has 1 aromatic rings. The summed E-state index contributed by atoms with van der Waals surface area (Å²) >= 11 is 0. The minimum absolute atomic E-state index is 0.0756. The lowest BCUT2D eigenvalue weighted by Crippen LogP contribution is -2.24. The maximum Gasteiger partial charge on any atom is 0.309 e. The molecule has 0 saturated carbocycles. The van der Waals surface area contributed by atoms with E-state index in [-0.39, 0.29) is 17.8 Å². The van der Waals surface area contributed by atoms with E-state index in [1.165, 1.54) is 7.11 Å². The average Bonchev–Trinajstić information content (AvgIpc) is 2.46. The lowest BCUT2D eigenvalue weighted by molar-refractivity contribution is -0.146. The van der Waals surface area contributed by atoms with Gasteiger partial charge in [-0.3, -0.25) is 4.79 Å². The van der Waals surface area contributed by atoms with Gasteiger partial charge in [0.05, 0.1) is 20.1 Å². The summed E-state index contributed by atoms with van der Waals surface area (Å²) in [6.07, 6.45) is 6.02. The molecule has 1 aromatic carbocycles. The van der Waals surface area contributed by atoms with Crippen molar-refractivity contribution in [2.45, 2.75) is 18.8 Å². The van der Waals surface area contributed by atoms with Crippen LogP contribution in [0.25, 0.3) is 0 Å². The Morgan fingerprint density at radius 3 is 2.56 bits per heavy atom. The van der Waals surface area contributed by atoms with Crippen LogP contribution in [0.3, 0.4) is 0 Å². The third-order valence-corrected chi connectivity index (χ3v) is 3.43. The first-order valence-electron chi connectivity index (χ1n) is 6.14.